The van der Waals surface area contributed by atoms with Crippen molar-refractivity contribution in [3.8, 4) is 0 Å². The number of nitrogens with one attached hydrogen (secondary N) is 1. The molecule has 2 aliphatic rings. The number of rotatable bonds is 3. The number of carbonyl (C=O) groups is 1. The van der Waals surface area contributed by atoms with Crippen molar-refractivity contribution in [2.45, 2.75) is 31.7 Å². The first-order valence-corrected chi connectivity index (χ1v) is 8.98. The number of hydrogen-bond donors (Lipinski definition) is 1. The molecule has 8 nitrogen and oxygen atoms in total. The van der Waals surface area contributed by atoms with Gasteiger partial charge in [-0.25, -0.2) is 9.97 Å². The normalized spacial score (nSPS) is 22.3. The first kappa shape index (κ1) is 16.3. The minimum atomic E-state index is -0.00159. The summed E-state index contributed by atoms with van der Waals surface area (Å²) in [5, 5.41) is 8.43. The third-order valence-corrected chi connectivity index (χ3v) is 5.17. The van der Waals surface area contributed by atoms with E-state index in [1.54, 1.807) is 17.2 Å². The predicted octanol–water partition coefficient (Wildman–Crippen LogP) is 0.875. The van der Waals surface area contributed by atoms with E-state index in [2.05, 4.69) is 25.3 Å². The molecule has 0 aromatic carbocycles. The van der Waals surface area contributed by atoms with Gasteiger partial charge in [-0.15, -0.1) is 0 Å². The van der Waals surface area contributed by atoms with E-state index >= 15 is 0 Å². The molecule has 1 N–H and O–H groups in total. The Morgan fingerprint density at radius 2 is 2.12 bits per heavy atom. The van der Waals surface area contributed by atoms with Gasteiger partial charge in [0.2, 0.25) is 5.91 Å². The van der Waals surface area contributed by atoms with Gasteiger partial charge in [0.25, 0.3) is 0 Å². The summed E-state index contributed by atoms with van der Waals surface area (Å²) in [4.78, 5) is 23.6. The second-order valence-corrected chi connectivity index (χ2v) is 6.88. The number of piperidine rings is 1. The van der Waals surface area contributed by atoms with Gasteiger partial charge in [0.1, 0.15) is 12.1 Å². The third-order valence-electron chi connectivity index (χ3n) is 5.17. The summed E-state index contributed by atoms with van der Waals surface area (Å²) in [6.07, 6.45) is 7.10. The van der Waals surface area contributed by atoms with E-state index in [0.29, 0.717) is 6.54 Å². The topological polar surface area (TPSA) is 85.2 Å². The highest BCUT2D eigenvalue weighted by Gasteiger charge is 2.29. The van der Waals surface area contributed by atoms with E-state index in [-0.39, 0.29) is 17.9 Å². The van der Waals surface area contributed by atoms with Gasteiger partial charge >= 0.3 is 0 Å². The maximum atomic E-state index is 12.7. The quantitative estimate of drug-likeness (QED) is 0.889. The molecule has 4 rings (SSSR count). The van der Waals surface area contributed by atoms with Crippen LogP contribution in [0.4, 0.5) is 5.82 Å². The van der Waals surface area contributed by atoms with Crippen LogP contribution in [0.2, 0.25) is 0 Å². The zero-order chi connectivity index (χ0) is 17.2. The van der Waals surface area contributed by atoms with Gasteiger partial charge in [0.15, 0.2) is 5.65 Å². The van der Waals surface area contributed by atoms with Crippen LogP contribution in [0.25, 0.3) is 11.0 Å². The van der Waals surface area contributed by atoms with Crippen LogP contribution in [0.3, 0.4) is 0 Å². The molecule has 1 unspecified atom stereocenters. The van der Waals surface area contributed by atoms with Crippen molar-refractivity contribution in [3.63, 3.8) is 0 Å². The molecule has 4 heterocycles. The summed E-state index contributed by atoms with van der Waals surface area (Å²) in [5.41, 5.74) is 0.818. The largest absolute Gasteiger partial charge is 0.381 e. The number of carbonyl (C=O) groups excluding carboxylic acids is 1. The fourth-order valence-electron chi connectivity index (χ4n) is 3.75. The second kappa shape index (κ2) is 6.95. The highest BCUT2D eigenvalue weighted by Crippen LogP contribution is 2.27. The number of nitrogens with zero attached hydrogens (tertiary/aromatic N) is 5. The SMILES string of the molecule is Cn1ncc2c(N3CCCC(C(=O)NC4CCOCC4)C3)ncnc21. The molecule has 0 radical (unpaired) electrons. The highest BCUT2D eigenvalue weighted by atomic mass is 16.5. The zero-order valence-corrected chi connectivity index (χ0v) is 14.5. The Morgan fingerprint density at radius 3 is 2.96 bits per heavy atom. The molecular formula is C17H24N6O2. The first-order valence-electron chi connectivity index (χ1n) is 8.98. The molecule has 0 saturated carbocycles. The number of fused-ring (bicyclic) bond motifs is 1. The first-order chi connectivity index (χ1) is 12.2. The maximum absolute atomic E-state index is 12.7. The molecule has 2 aromatic heterocycles. The zero-order valence-electron chi connectivity index (χ0n) is 14.5. The van der Waals surface area contributed by atoms with E-state index in [4.69, 9.17) is 4.74 Å². The van der Waals surface area contributed by atoms with Crippen LogP contribution in [0, 0.1) is 5.92 Å². The second-order valence-electron chi connectivity index (χ2n) is 6.88. The summed E-state index contributed by atoms with van der Waals surface area (Å²) < 4.78 is 7.11. The molecule has 2 aliphatic heterocycles. The van der Waals surface area contributed by atoms with Crippen LogP contribution in [-0.4, -0.2) is 58.0 Å². The average Bonchev–Trinajstić information content (AvgIpc) is 3.04. The molecule has 0 bridgehead atoms. The Balaban J connectivity index is 1.47. The van der Waals surface area contributed by atoms with Crippen molar-refractivity contribution in [2.24, 2.45) is 13.0 Å². The van der Waals surface area contributed by atoms with Crippen LogP contribution < -0.4 is 10.2 Å². The van der Waals surface area contributed by atoms with Crippen LogP contribution >= 0.6 is 0 Å². The van der Waals surface area contributed by atoms with Crippen molar-refractivity contribution in [2.75, 3.05) is 31.2 Å². The molecular weight excluding hydrogens is 320 g/mol. The molecule has 1 atom stereocenters. The summed E-state index contributed by atoms with van der Waals surface area (Å²) in [7, 11) is 1.87. The van der Waals surface area contributed by atoms with Gasteiger partial charge in [-0.2, -0.15) is 5.10 Å². The fourth-order valence-corrected chi connectivity index (χ4v) is 3.75. The number of hydrogen-bond acceptors (Lipinski definition) is 6. The van der Waals surface area contributed by atoms with Crippen LogP contribution in [0.5, 0.6) is 0 Å². The van der Waals surface area contributed by atoms with Crippen molar-refractivity contribution < 1.29 is 9.53 Å². The Hall–Kier alpha value is -2.22. The molecule has 0 spiro atoms. The Morgan fingerprint density at radius 1 is 1.28 bits per heavy atom. The standard InChI is InChI=1S/C17H24N6O2/c1-22-15-14(9-20-22)16(19-11-18-15)23-6-2-3-12(10-23)17(24)21-13-4-7-25-8-5-13/h9,11-13H,2-8,10H2,1H3,(H,21,24). The summed E-state index contributed by atoms with van der Waals surface area (Å²) in [6, 6.07) is 0.251. The number of anilines is 1. The number of aromatic nitrogens is 4. The molecule has 0 aliphatic carbocycles. The monoisotopic (exact) mass is 344 g/mol. The van der Waals surface area contributed by atoms with E-state index in [9.17, 15) is 4.79 Å². The molecule has 1 amide bonds. The Labute approximate surface area is 146 Å². The van der Waals surface area contributed by atoms with Gasteiger partial charge in [0.05, 0.1) is 17.5 Å². The van der Waals surface area contributed by atoms with Gasteiger partial charge in [-0.1, -0.05) is 0 Å². The summed E-state index contributed by atoms with van der Waals surface area (Å²) >= 11 is 0. The molecule has 25 heavy (non-hydrogen) atoms. The van der Waals surface area contributed by atoms with Crippen LogP contribution in [0.15, 0.2) is 12.5 Å². The molecule has 8 heteroatoms. The minimum absolute atomic E-state index is 0.00159. The van der Waals surface area contributed by atoms with Gasteiger partial charge < -0.3 is 15.0 Å². The van der Waals surface area contributed by atoms with Crippen molar-refractivity contribution in [3.05, 3.63) is 12.5 Å². The highest BCUT2D eigenvalue weighted by molar-refractivity contribution is 5.87. The lowest BCUT2D eigenvalue weighted by molar-refractivity contribution is -0.126. The number of aryl methyl sites for hydroxylation is 1. The lowest BCUT2D eigenvalue weighted by atomic mass is 9.96. The lowest BCUT2D eigenvalue weighted by Crippen LogP contribution is -2.47. The van der Waals surface area contributed by atoms with Crippen LogP contribution in [0.1, 0.15) is 25.7 Å². The molecule has 2 aromatic rings. The smallest absolute Gasteiger partial charge is 0.225 e. The van der Waals surface area contributed by atoms with Crippen molar-refractivity contribution in [1.29, 1.82) is 0 Å². The number of ether oxygens (including phenoxy) is 1. The number of amides is 1. The fraction of sp³-hybridized carbons (Fsp3) is 0.647. The summed E-state index contributed by atoms with van der Waals surface area (Å²) in [6.45, 7) is 3.07. The lowest BCUT2D eigenvalue weighted by Gasteiger charge is -2.34. The van der Waals surface area contributed by atoms with E-state index in [0.717, 1.165) is 62.3 Å². The van der Waals surface area contributed by atoms with Gasteiger partial charge in [0, 0.05) is 39.4 Å². The van der Waals surface area contributed by atoms with E-state index in [1.807, 2.05) is 7.05 Å². The Kier molecular flexibility index (Phi) is 4.52. The third kappa shape index (κ3) is 3.30. The van der Waals surface area contributed by atoms with Crippen molar-refractivity contribution >= 4 is 22.8 Å². The van der Waals surface area contributed by atoms with Crippen molar-refractivity contribution in [1.82, 2.24) is 25.1 Å². The maximum Gasteiger partial charge on any atom is 0.225 e. The van der Waals surface area contributed by atoms with Gasteiger partial charge in [-0.05, 0) is 25.7 Å². The average molecular weight is 344 g/mol. The minimum Gasteiger partial charge on any atom is -0.381 e. The Bertz CT molecular complexity index is 755. The van der Waals surface area contributed by atoms with E-state index < -0.39 is 0 Å². The van der Waals surface area contributed by atoms with E-state index in [1.165, 1.54) is 0 Å². The molecule has 134 valence electrons. The predicted molar refractivity (Wildman–Crippen MR) is 93.2 cm³/mol. The molecule has 2 fully saturated rings. The van der Waals surface area contributed by atoms with Gasteiger partial charge in [-0.3, -0.25) is 9.48 Å². The summed E-state index contributed by atoms with van der Waals surface area (Å²) in [5.74, 6) is 1.04. The van der Waals surface area contributed by atoms with Crippen LogP contribution in [-0.2, 0) is 16.6 Å². The molecule has 2 saturated heterocycles.